The Morgan fingerprint density at radius 1 is 1.43 bits per heavy atom. The Kier molecular flexibility index (Phi) is 1.45. The molecule has 0 saturated heterocycles. The third-order valence-electron chi connectivity index (χ3n) is 0.652. The van der Waals surface area contributed by atoms with Crippen LogP contribution in [0.5, 0.6) is 0 Å². The van der Waals surface area contributed by atoms with Gasteiger partial charge in [-0.15, -0.1) is 0 Å². The normalized spacial score (nSPS) is 8.86. The average molecular weight is 85.0 g/mol. The predicted octanol–water partition coefficient (Wildman–Crippen LogP) is -0.929. The first kappa shape index (κ1) is 4.83. The second-order valence-corrected chi connectivity index (χ2v) is 1.36. The SMILES string of the molecule is [Li][c]1cn[c]nc1. The molecule has 0 fully saturated rings. The Hall–Kier alpha value is -0.323. The van der Waals surface area contributed by atoms with Crippen molar-refractivity contribution in [1.29, 1.82) is 0 Å². The van der Waals surface area contributed by atoms with E-state index in [9.17, 15) is 0 Å². The van der Waals surface area contributed by atoms with Crippen LogP contribution in [0.15, 0.2) is 12.4 Å². The number of hydrogen-bond acceptors (Lipinski definition) is 2. The van der Waals surface area contributed by atoms with Crippen molar-refractivity contribution in [3.63, 3.8) is 0 Å². The van der Waals surface area contributed by atoms with E-state index in [1.165, 1.54) is 0 Å². The Labute approximate surface area is 51.2 Å². The first-order valence-corrected chi connectivity index (χ1v) is 2.04. The zero-order valence-corrected chi connectivity index (χ0v) is 4.05. The van der Waals surface area contributed by atoms with Crippen LogP contribution >= 0.6 is 0 Å². The molecular weight excluding hydrogens is 83.0 g/mol. The van der Waals surface area contributed by atoms with Gasteiger partial charge in [-0.1, -0.05) is 0 Å². The summed E-state index contributed by atoms with van der Waals surface area (Å²) in [6.07, 6.45) is 5.86. The van der Waals surface area contributed by atoms with E-state index in [1.54, 1.807) is 12.4 Å². The Balaban J connectivity index is 3.02. The molecule has 0 bridgehead atoms. The van der Waals surface area contributed by atoms with Gasteiger partial charge in [-0.2, -0.15) is 0 Å². The molecule has 0 aromatic carbocycles. The molecule has 0 amide bonds. The third kappa shape index (κ3) is 1.30. The van der Waals surface area contributed by atoms with Gasteiger partial charge < -0.3 is 0 Å². The summed E-state index contributed by atoms with van der Waals surface area (Å²) in [5.74, 6) is 0. The van der Waals surface area contributed by atoms with Crippen molar-refractivity contribution in [2.24, 2.45) is 0 Å². The van der Waals surface area contributed by atoms with E-state index in [1.807, 2.05) is 17.7 Å². The summed E-state index contributed by atoms with van der Waals surface area (Å²) in [4.78, 5) is 7.30. The second kappa shape index (κ2) is 2.11. The molecule has 0 N–H and O–H groups in total. The van der Waals surface area contributed by atoms with Gasteiger partial charge in [0.25, 0.3) is 0 Å². The monoisotopic (exact) mass is 85.0 g/mol. The Morgan fingerprint density at radius 2 is 2.00 bits per heavy atom. The fraction of sp³-hybridized carbons (Fsp3) is 0. The van der Waals surface area contributed by atoms with E-state index in [2.05, 4.69) is 16.3 Å². The van der Waals surface area contributed by atoms with Gasteiger partial charge in [-0.25, -0.2) is 0 Å². The van der Waals surface area contributed by atoms with Crippen LogP contribution in [0.1, 0.15) is 0 Å². The molecule has 0 unspecified atom stereocenters. The molecule has 1 rings (SSSR count). The minimum absolute atomic E-state index is 1.07. The topological polar surface area (TPSA) is 25.8 Å². The van der Waals surface area contributed by atoms with E-state index in [-0.39, 0.29) is 0 Å². The fourth-order valence-corrected chi connectivity index (χ4v) is 0.328. The maximum absolute atomic E-state index is 3.65. The van der Waals surface area contributed by atoms with Gasteiger partial charge in [0.1, 0.15) is 0 Å². The summed E-state index contributed by atoms with van der Waals surface area (Å²) in [6, 6.07) is 0. The van der Waals surface area contributed by atoms with Crippen molar-refractivity contribution in [3.8, 4) is 0 Å². The maximum atomic E-state index is 3.65. The van der Waals surface area contributed by atoms with E-state index in [4.69, 9.17) is 0 Å². The van der Waals surface area contributed by atoms with Crippen LogP contribution < -0.4 is 4.24 Å². The number of aromatic nitrogens is 2. The fourth-order valence-electron chi connectivity index (χ4n) is 0.328. The van der Waals surface area contributed by atoms with Gasteiger partial charge >= 0.3 is 50.6 Å². The second-order valence-electron chi connectivity index (χ2n) is 1.36. The van der Waals surface area contributed by atoms with Crippen LogP contribution in [0.2, 0.25) is 0 Å². The van der Waals surface area contributed by atoms with Crippen LogP contribution in [-0.4, -0.2) is 27.7 Å². The van der Waals surface area contributed by atoms with Crippen LogP contribution in [0.25, 0.3) is 0 Å². The number of rotatable bonds is 0. The van der Waals surface area contributed by atoms with Crippen molar-refractivity contribution in [3.05, 3.63) is 18.7 Å². The van der Waals surface area contributed by atoms with Crippen LogP contribution in [0.3, 0.4) is 0 Å². The molecule has 2 nitrogen and oxygen atoms in total. The third-order valence-corrected chi connectivity index (χ3v) is 0.652. The predicted molar refractivity (Wildman–Crippen MR) is 26.3 cm³/mol. The van der Waals surface area contributed by atoms with Gasteiger partial charge in [0.2, 0.25) is 0 Å². The number of hydrogen-bond donors (Lipinski definition) is 0. The standard InChI is InChI=1S/C4H2N2.Li/c1-2-5-4-6-3-1;/h2-3H;. The first-order chi connectivity index (χ1) is 3.39. The van der Waals surface area contributed by atoms with E-state index in [0.717, 1.165) is 4.24 Å². The molecule has 0 aliphatic heterocycles. The van der Waals surface area contributed by atoms with Crippen LogP contribution in [0, 0.1) is 6.33 Å². The van der Waals surface area contributed by atoms with E-state index in [0.29, 0.717) is 0 Å². The van der Waals surface area contributed by atoms with Crippen molar-refractivity contribution >= 4 is 22.0 Å². The number of nitrogens with zero attached hydrogens (tertiary/aromatic N) is 2. The molecule has 1 aromatic rings. The molecule has 1 heterocycles. The summed E-state index contributed by atoms with van der Waals surface area (Å²) in [5, 5.41) is 0. The summed E-state index contributed by atoms with van der Waals surface area (Å²) >= 11 is 1.94. The molecule has 1 radical (unpaired) electrons. The Bertz CT molecular complexity index is 140. The molecule has 0 aliphatic rings. The summed E-state index contributed by atoms with van der Waals surface area (Å²) in [7, 11) is 0. The summed E-state index contributed by atoms with van der Waals surface area (Å²) in [6.45, 7) is 0. The molecule has 3 heteroatoms. The van der Waals surface area contributed by atoms with Gasteiger partial charge in [-0.05, 0) is 0 Å². The zero-order chi connectivity index (χ0) is 5.11. The summed E-state index contributed by atoms with van der Waals surface area (Å²) in [5.41, 5.74) is 0. The van der Waals surface area contributed by atoms with E-state index < -0.39 is 0 Å². The van der Waals surface area contributed by atoms with Gasteiger partial charge in [0.15, 0.2) is 0 Å². The Morgan fingerprint density at radius 3 is 2.29 bits per heavy atom. The average Bonchev–Trinajstić information content (AvgIpc) is 1.69. The van der Waals surface area contributed by atoms with Gasteiger partial charge in [0.05, 0.1) is 0 Å². The first-order valence-electron chi connectivity index (χ1n) is 2.04. The minimum atomic E-state index is 1.07. The van der Waals surface area contributed by atoms with Crippen LogP contribution in [-0.2, 0) is 0 Å². The van der Waals surface area contributed by atoms with Crippen LogP contribution in [0.4, 0.5) is 0 Å². The van der Waals surface area contributed by atoms with E-state index >= 15 is 0 Å². The summed E-state index contributed by atoms with van der Waals surface area (Å²) < 4.78 is 1.07. The van der Waals surface area contributed by atoms with Gasteiger partial charge in [-0.3, -0.25) is 0 Å². The molecule has 1 aromatic heterocycles. The molecule has 0 aliphatic carbocycles. The molecule has 29 valence electrons. The van der Waals surface area contributed by atoms with Gasteiger partial charge in [0, 0.05) is 0 Å². The molecule has 0 atom stereocenters. The molecular formula is C4H2LiN2. The van der Waals surface area contributed by atoms with Crippen molar-refractivity contribution in [2.45, 2.75) is 0 Å². The zero-order valence-electron chi connectivity index (χ0n) is 4.05. The van der Waals surface area contributed by atoms with Crippen molar-refractivity contribution < 1.29 is 0 Å². The van der Waals surface area contributed by atoms with Crippen molar-refractivity contribution in [2.75, 3.05) is 0 Å². The molecule has 0 spiro atoms. The quantitative estimate of drug-likeness (QED) is 0.380. The molecule has 0 saturated carbocycles. The van der Waals surface area contributed by atoms with Crippen molar-refractivity contribution in [1.82, 2.24) is 9.97 Å². The molecule has 7 heavy (non-hydrogen) atoms.